The zero-order valence-corrected chi connectivity index (χ0v) is 11.9. The van der Waals surface area contributed by atoms with Gasteiger partial charge in [0.1, 0.15) is 11.6 Å². The van der Waals surface area contributed by atoms with Crippen molar-refractivity contribution in [3.8, 4) is 0 Å². The van der Waals surface area contributed by atoms with Crippen LogP contribution in [0.1, 0.15) is 34.6 Å². The highest BCUT2D eigenvalue weighted by atomic mass is 15.2. The molecule has 1 aromatic rings. The first-order chi connectivity index (χ1) is 7.86. The van der Waals surface area contributed by atoms with Crippen molar-refractivity contribution in [2.24, 2.45) is 5.41 Å². The Bertz CT molecular complexity index is 355. The quantitative estimate of drug-likeness (QED) is 0.867. The molecule has 0 fully saturated rings. The molecule has 0 bridgehead atoms. The van der Waals surface area contributed by atoms with Crippen LogP contribution in [-0.4, -0.2) is 24.6 Å². The van der Waals surface area contributed by atoms with Crippen molar-refractivity contribution in [3.05, 3.63) is 18.2 Å². The van der Waals surface area contributed by atoms with Gasteiger partial charge in [-0.3, -0.25) is 0 Å². The first-order valence-electron chi connectivity index (χ1n) is 6.30. The smallest absolute Gasteiger partial charge is 0.130 e. The zero-order chi connectivity index (χ0) is 13.1. The second-order valence-corrected chi connectivity index (χ2v) is 5.56. The van der Waals surface area contributed by atoms with E-state index in [1.54, 1.807) is 0 Å². The van der Waals surface area contributed by atoms with E-state index < -0.39 is 0 Å². The SMILES string of the molecule is CCNc1cccc(N(C)C(C)C(C)(C)C)n1. The Hall–Kier alpha value is -1.25. The summed E-state index contributed by atoms with van der Waals surface area (Å²) in [6.45, 7) is 12.0. The summed E-state index contributed by atoms with van der Waals surface area (Å²) in [5.41, 5.74) is 0.241. The van der Waals surface area contributed by atoms with Crippen molar-refractivity contribution in [1.29, 1.82) is 0 Å². The Morgan fingerprint density at radius 2 is 2.00 bits per heavy atom. The molecule has 1 aromatic heterocycles. The van der Waals surface area contributed by atoms with Crippen molar-refractivity contribution in [1.82, 2.24) is 4.98 Å². The fourth-order valence-corrected chi connectivity index (χ4v) is 1.68. The molecule has 0 saturated heterocycles. The Labute approximate surface area is 105 Å². The Morgan fingerprint density at radius 1 is 1.35 bits per heavy atom. The molecule has 0 aliphatic heterocycles. The van der Waals surface area contributed by atoms with Crippen LogP contribution < -0.4 is 10.2 Å². The Kier molecular flexibility index (Phi) is 4.38. The van der Waals surface area contributed by atoms with E-state index in [0.29, 0.717) is 6.04 Å². The molecule has 0 aliphatic rings. The number of hydrogen-bond donors (Lipinski definition) is 1. The molecule has 0 radical (unpaired) electrons. The van der Waals surface area contributed by atoms with Gasteiger partial charge in [0.15, 0.2) is 0 Å². The molecule has 1 atom stereocenters. The van der Waals surface area contributed by atoms with Crippen LogP contribution in [0.4, 0.5) is 11.6 Å². The second-order valence-electron chi connectivity index (χ2n) is 5.56. The lowest BCUT2D eigenvalue weighted by Gasteiger charge is -2.36. The maximum atomic E-state index is 4.61. The van der Waals surface area contributed by atoms with Gasteiger partial charge in [0.2, 0.25) is 0 Å². The van der Waals surface area contributed by atoms with Gasteiger partial charge in [-0.25, -0.2) is 4.98 Å². The minimum absolute atomic E-state index is 0.241. The van der Waals surface area contributed by atoms with Crippen LogP contribution in [0.2, 0.25) is 0 Å². The van der Waals surface area contributed by atoms with Crippen LogP contribution in [0.3, 0.4) is 0 Å². The van der Waals surface area contributed by atoms with E-state index in [-0.39, 0.29) is 5.41 Å². The second kappa shape index (κ2) is 5.39. The molecule has 3 heteroatoms. The molecule has 96 valence electrons. The van der Waals surface area contributed by atoms with Gasteiger partial charge in [0.25, 0.3) is 0 Å². The molecule has 1 rings (SSSR count). The van der Waals surface area contributed by atoms with E-state index >= 15 is 0 Å². The zero-order valence-electron chi connectivity index (χ0n) is 11.9. The summed E-state index contributed by atoms with van der Waals surface area (Å²) in [6.07, 6.45) is 0. The van der Waals surface area contributed by atoms with Gasteiger partial charge < -0.3 is 10.2 Å². The summed E-state index contributed by atoms with van der Waals surface area (Å²) in [5, 5.41) is 3.24. The number of nitrogens with one attached hydrogen (secondary N) is 1. The summed E-state index contributed by atoms with van der Waals surface area (Å²) in [4.78, 5) is 6.85. The molecule has 1 heterocycles. The molecule has 0 amide bonds. The number of rotatable bonds is 4. The Morgan fingerprint density at radius 3 is 2.53 bits per heavy atom. The van der Waals surface area contributed by atoms with Gasteiger partial charge in [-0.2, -0.15) is 0 Å². The number of hydrogen-bond acceptors (Lipinski definition) is 3. The summed E-state index contributed by atoms with van der Waals surface area (Å²) in [6, 6.07) is 6.55. The molecular weight excluding hydrogens is 210 g/mol. The molecule has 0 spiro atoms. The first kappa shape index (κ1) is 13.8. The molecule has 0 aromatic carbocycles. The van der Waals surface area contributed by atoms with Crippen molar-refractivity contribution >= 4 is 11.6 Å². The van der Waals surface area contributed by atoms with E-state index in [2.05, 4.69) is 62.9 Å². The molecule has 0 saturated carbocycles. The van der Waals surface area contributed by atoms with Crippen LogP contribution in [-0.2, 0) is 0 Å². The number of aromatic nitrogens is 1. The largest absolute Gasteiger partial charge is 0.370 e. The third kappa shape index (κ3) is 3.62. The van der Waals surface area contributed by atoms with Gasteiger partial charge in [-0.15, -0.1) is 0 Å². The van der Waals surface area contributed by atoms with Crippen molar-refractivity contribution in [3.63, 3.8) is 0 Å². The Balaban J connectivity index is 2.88. The van der Waals surface area contributed by atoms with Crippen LogP contribution in [0, 0.1) is 5.41 Å². The summed E-state index contributed by atoms with van der Waals surface area (Å²) in [5.74, 6) is 1.96. The van der Waals surface area contributed by atoms with Crippen molar-refractivity contribution in [2.75, 3.05) is 23.8 Å². The highest BCUT2D eigenvalue weighted by Gasteiger charge is 2.24. The molecule has 0 aliphatic carbocycles. The van der Waals surface area contributed by atoms with Crippen molar-refractivity contribution < 1.29 is 0 Å². The molecule has 17 heavy (non-hydrogen) atoms. The average Bonchev–Trinajstić information content (AvgIpc) is 2.27. The van der Waals surface area contributed by atoms with Crippen LogP contribution in [0.5, 0.6) is 0 Å². The fourth-order valence-electron chi connectivity index (χ4n) is 1.68. The molecule has 1 unspecified atom stereocenters. The van der Waals surface area contributed by atoms with Crippen LogP contribution in [0.25, 0.3) is 0 Å². The average molecular weight is 235 g/mol. The van der Waals surface area contributed by atoms with E-state index in [1.807, 2.05) is 12.1 Å². The maximum absolute atomic E-state index is 4.61. The number of nitrogens with zero attached hydrogens (tertiary/aromatic N) is 2. The van der Waals surface area contributed by atoms with Crippen molar-refractivity contribution in [2.45, 2.75) is 40.7 Å². The third-order valence-electron chi connectivity index (χ3n) is 3.29. The summed E-state index contributed by atoms with van der Waals surface area (Å²) >= 11 is 0. The maximum Gasteiger partial charge on any atom is 0.130 e. The lowest BCUT2D eigenvalue weighted by Crippen LogP contribution is -2.39. The standard InChI is InChI=1S/C14H25N3/c1-7-15-12-9-8-10-13(16-12)17(6)11(2)14(3,4)5/h8-11H,7H2,1-6H3,(H,15,16). The van der Waals surface area contributed by atoms with E-state index in [1.165, 1.54) is 0 Å². The van der Waals surface area contributed by atoms with Gasteiger partial charge in [0, 0.05) is 19.6 Å². The van der Waals surface area contributed by atoms with Gasteiger partial charge in [0.05, 0.1) is 0 Å². The summed E-state index contributed by atoms with van der Waals surface area (Å²) < 4.78 is 0. The minimum Gasteiger partial charge on any atom is -0.370 e. The molecular formula is C14H25N3. The van der Waals surface area contributed by atoms with Gasteiger partial charge in [-0.05, 0) is 31.4 Å². The highest BCUT2D eigenvalue weighted by Crippen LogP contribution is 2.26. The van der Waals surface area contributed by atoms with Crippen LogP contribution >= 0.6 is 0 Å². The lowest BCUT2D eigenvalue weighted by molar-refractivity contribution is 0.328. The molecule has 3 nitrogen and oxygen atoms in total. The monoisotopic (exact) mass is 235 g/mol. The summed E-state index contributed by atoms with van der Waals surface area (Å²) in [7, 11) is 2.11. The molecule has 1 N–H and O–H groups in total. The van der Waals surface area contributed by atoms with Gasteiger partial charge >= 0.3 is 0 Å². The van der Waals surface area contributed by atoms with Crippen LogP contribution in [0.15, 0.2) is 18.2 Å². The predicted octanol–water partition coefficient (Wildman–Crippen LogP) is 3.38. The number of pyridine rings is 1. The first-order valence-corrected chi connectivity index (χ1v) is 6.30. The van der Waals surface area contributed by atoms with E-state index in [9.17, 15) is 0 Å². The highest BCUT2D eigenvalue weighted by molar-refractivity contribution is 5.47. The topological polar surface area (TPSA) is 28.2 Å². The number of anilines is 2. The van der Waals surface area contributed by atoms with Gasteiger partial charge in [-0.1, -0.05) is 26.8 Å². The predicted molar refractivity (Wildman–Crippen MR) is 75.7 cm³/mol. The third-order valence-corrected chi connectivity index (χ3v) is 3.29. The normalized spacial score (nSPS) is 13.3. The minimum atomic E-state index is 0.241. The lowest BCUT2D eigenvalue weighted by atomic mass is 9.87. The van der Waals surface area contributed by atoms with E-state index in [0.717, 1.165) is 18.2 Å². The van der Waals surface area contributed by atoms with E-state index in [4.69, 9.17) is 0 Å². The fraction of sp³-hybridized carbons (Fsp3) is 0.643.